The van der Waals surface area contributed by atoms with Crippen LogP contribution in [0, 0.1) is 25.2 Å². The van der Waals surface area contributed by atoms with Gasteiger partial charge in [-0.1, -0.05) is 12.1 Å². The van der Waals surface area contributed by atoms with Crippen LogP contribution in [0.15, 0.2) is 24.3 Å². The lowest BCUT2D eigenvalue weighted by atomic mass is 10.1. The Kier molecular flexibility index (Phi) is 5.38. The van der Waals surface area contributed by atoms with E-state index in [1.165, 1.54) is 0 Å². The number of carbonyl (C=O) groups is 2. The van der Waals surface area contributed by atoms with Crippen LogP contribution in [-0.2, 0) is 16.1 Å². The first kappa shape index (κ1) is 17.3. The molecule has 0 unspecified atom stereocenters. The highest BCUT2D eigenvalue weighted by Gasteiger charge is 2.23. The van der Waals surface area contributed by atoms with Crippen LogP contribution in [0.25, 0.3) is 0 Å². The average molecular weight is 326 g/mol. The van der Waals surface area contributed by atoms with Gasteiger partial charge in [0, 0.05) is 5.69 Å². The molecule has 6 heteroatoms. The Balaban J connectivity index is 2.15. The Hall–Kier alpha value is -3.07. The van der Waals surface area contributed by atoms with E-state index >= 15 is 0 Å². The summed E-state index contributed by atoms with van der Waals surface area (Å²) in [5.74, 6) is -1.03. The number of nitrogens with zero attached hydrogens (tertiary/aromatic N) is 1. The molecular formula is C18H18N2O4. The van der Waals surface area contributed by atoms with Gasteiger partial charge in [0.15, 0.2) is 0 Å². The molecule has 124 valence electrons. The maximum Gasteiger partial charge on any atom is 0.355 e. The molecule has 0 saturated carbocycles. The molecule has 1 N–H and O–H groups in total. The van der Waals surface area contributed by atoms with Crippen molar-refractivity contribution in [2.75, 3.05) is 6.61 Å². The van der Waals surface area contributed by atoms with E-state index < -0.39 is 11.9 Å². The Bertz CT molecular complexity index is 815. The number of H-pyrrole nitrogens is 1. The number of nitrogens with one attached hydrogen (secondary N) is 1. The largest absolute Gasteiger partial charge is 0.461 e. The molecule has 2 rings (SSSR count). The molecule has 1 aromatic heterocycles. The molecule has 0 bridgehead atoms. The van der Waals surface area contributed by atoms with Crippen molar-refractivity contribution < 1.29 is 19.1 Å². The lowest BCUT2D eigenvalue weighted by Crippen LogP contribution is -2.09. The van der Waals surface area contributed by atoms with Gasteiger partial charge in [-0.25, -0.2) is 9.59 Å². The van der Waals surface area contributed by atoms with Crippen molar-refractivity contribution in [1.82, 2.24) is 4.98 Å². The van der Waals surface area contributed by atoms with Gasteiger partial charge in [0.2, 0.25) is 0 Å². The number of aromatic nitrogens is 1. The second-order valence-electron chi connectivity index (χ2n) is 5.23. The molecule has 1 aromatic carbocycles. The maximum atomic E-state index is 12.3. The normalized spacial score (nSPS) is 10.1. The highest BCUT2D eigenvalue weighted by atomic mass is 16.5. The van der Waals surface area contributed by atoms with Crippen molar-refractivity contribution in [1.29, 1.82) is 5.26 Å². The zero-order valence-corrected chi connectivity index (χ0v) is 13.8. The van der Waals surface area contributed by atoms with Crippen LogP contribution >= 0.6 is 0 Å². The molecular weight excluding hydrogens is 308 g/mol. The number of aryl methyl sites for hydroxylation is 1. The standard InChI is InChI=1S/C18H18N2O4/c1-4-23-18(22)16-11(2)15(12(3)20-16)17(21)24-10-14-7-5-6-13(8-14)9-19/h5-8,20H,4,10H2,1-3H3. The third-order valence-corrected chi connectivity index (χ3v) is 3.55. The van der Waals surface area contributed by atoms with Gasteiger partial charge in [0.25, 0.3) is 0 Å². The van der Waals surface area contributed by atoms with Crippen LogP contribution < -0.4 is 0 Å². The number of hydrogen-bond acceptors (Lipinski definition) is 5. The van der Waals surface area contributed by atoms with Gasteiger partial charge in [-0.15, -0.1) is 0 Å². The van der Waals surface area contributed by atoms with Gasteiger partial charge in [-0.2, -0.15) is 5.26 Å². The van der Waals surface area contributed by atoms with E-state index in [0.717, 1.165) is 5.56 Å². The third-order valence-electron chi connectivity index (χ3n) is 3.55. The SMILES string of the molecule is CCOC(=O)c1[nH]c(C)c(C(=O)OCc2cccc(C#N)c2)c1C. The monoisotopic (exact) mass is 326 g/mol. The minimum absolute atomic E-state index is 0.0488. The van der Waals surface area contributed by atoms with Gasteiger partial charge < -0.3 is 14.5 Å². The maximum absolute atomic E-state index is 12.3. The van der Waals surface area contributed by atoms with Crippen molar-refractivity contribution in [3.8, 4) is 6.07 Å². The Labute approximate surface area is 140 Å². The van der Waals surface area contributed by atoms with E-state index in [2.05, 4.69) is 4.98 Å². The lowest BCUT2D eigenvalue weighted by molar-refractivity contribution is 0.0471. The summed E-state index contributed by atoms with van der Waals surface area (Å²) in [6.07, 6.45) is 0. The summed E-state index contributed by atoms with van der Waals surface area (Å²) in [5, 5.41) is 8.88. The summed E-state index contributed by atoms with van der Waals surface area (Å²) in [7, 11) is 0. The van der Waals surface area contributed by atoms with Gasteiger partial charge in [0.05, 0.1) is 23.8 Å². The van der Waals surface area contributed by atoms with Crippen LogP contribution in [-0.4, -0.2) is 23.5 Å². The number of hydrogen-bond donors (Lipinski definition) is 1. The van der Waals surface area contributed by atoms with Crippen LogP contribution in [0.1, 0.15) is 50.2 Å². The topological polar surface area (TPSA) is 92.2 Å². The fourth-order valence-electron chi connectivity index (χ4n) is 2.42. The molecule has 0 radical (unpaired) electrons. The fourth-order valence-corrected chi connectivity index (χ4v) is 2.42. The number of esters is 2. The van der Waals surface area contributed by atoms with E-state index in [1.807, 2.05) is 6.07 Å². The number of nitriles is 1. The Morgan fingerprint density at radius 2 is 1.96 bits per heavy atom. The molecule has 0 spiro atoms. The smallest absolute Gasteiger partial charge is 0.355 e. The van der Waals surface area contributed by atoms with Crippen molar-refractivity contribution in [3.63, 3.8) is 0 Å². The van der Waals surface area contributed by atoms with E-state index in [9.17, 15) is 9.59 Å². The van der Waals surface area contributed by atoms with E-state index in [1.54, 1.807) is 45.0 Å². The van der Waals surface area contributed by atoms with Crippen LogP contribution in [0.5, 0.6) is 0 Å². The molecule has 0 saturated heterocycles. The second kappa shape index (κ2) is 7.47. The molecule has 0 atom stereocenters. The lowest BCUT2D eigenvalue weighted by Gasteiger charge is -2.06. The summed E-state index contributed by atoms with van der Waals surface area (Å²) in [5.41, 5.74) is 2.86. The molecule has 0 aliphatic carbocycles. The zero-order chi connectivity index (χ0) is 17.7. The molecule has 0 aliphatic heterocycles. The first-order valence-electron chi connectivity index (χ1n) is 7.50. The molecule has 0 amide bonds. The third kappa shape index (κ3) is 3.63. The summed E-state index contributed by atoms with van der Waals surface area (Å²) >= 11 is 0. The van der Waals surface area contributed by atoms with Gasteiger partial charge in [-0.05, 0) is 44.0 Å². The summed E-state index contributed by atoms with van der Waals surface area (Å²) in [6, 6.07) is 8.88. The molecule has 6 nitrogen and oxygen atoms in total. The number of ether oxygens (including phenoxy) is 2. The van der Waals surface area contributed by atoms with E-state index in [4.69, 9.17) is 14.7 Å². The minimum Gasteiger partial charge on any atom is -0.461 e. The van der Waals surface area contributed by atoms with Gasteiger partial charge in [0.1, 0.15) is 12.3 Å². The first-order chi connectivity index (χ1) is 11.5. The summed E-state index contributed by atoms with van der Waals surface area (Å²) < 4.78 is 10.3. The summed E-state index contributed by atoms with van der Waals surface area (Å²) in [4.78, 5) is 27.1. The average Bonchev–Trinajstić information content (AvgIpc) is 2.88. The van der Waals surface area contributed by atoms with Crippen LogP contribution in [0.2, 0.25) is 0 Å². The first-order valence-corrected chi connectivity index (χ1v) is 7.50. The van der Waals surface area contributed by atoms with Crippen molar-refractivity contribution in [3.05, 3.63) is 57.9 Å². The number of rotatable bonds is 5. The summed E-state index contributed by atoms with van der Waals surface area (Å²) in [6.45, 7) is 5.39. The Morgan fingerprint density at radius 3 is 2.62 bits per heavy atom. The van der Waals surface area contributed by atoms with Crippen molar-refractivity contribution >= 4 is 11.9 Å². The number of aromatic amines is 1. The molecule has 0 fully saturated rings. The quantitative estimate of drug-likeness (QED) is 0.853. The highest BCUT2D eigenvalue weighted by Crippen LogP contribution is 2.20. The van der Waals surface area contributed by atoms with E-state index in [-0.39, 0.29) is 18.9 Å². The molecule has 1 heterocycles. The second-order valence-corrected chi connectivity index (χ2v) is 5.23. The predicted octanol–water partition coefficient (Wildman–Crippen LogP) is 3.04. The van der Waals surface area contributed by atoms with Crippen LogP contribution in [0.4, 0.5) is 0 Å². The Morgan fingerprint density at radius 1 is 1.21 bits per heavy atom. The zero-order valence-electron chi connectivity index (χ0n) is 13.8. The number of carbonyl (C=O) groups excluding carboxylic acids is 2. The van der Waals surface area contributed by atoms with Gasteiger partial charge in [-0.3, -0.25) is 0 Å². The van der Waals surface area contributed by atoms with Crippen molar-refractivity contribution in [2.24, 2.45) is 0 Å². The molecule has 0 aliphatic rings. The fraction of sp³-hybridized carbons (Fsp3) is 0.278. The molecule has 2 aromatic rings. The van der Waals surface area contributed by atoms with Crippen molar-refractivity contribution in [2.45, 2.75) is 27.4 Å². The van der Waals surface area contributed by atoms with Gasteiger partial charge >= 0.3 is 11.9 Å². The van der Waals surface area contributed by atoms with E-state index in [0.29, 0.717) is 22.4 Å². The highest BCUT2D eigenvalue weighted by molar-refractivity contribution is 5.98. The molecule has 24 heavy (non-hydrogen) atoms. The predicted molar refractivity (Wildman–Crippen MR) is 86.5 cm³/mol. The number of benzene rings is 1. The minimum atomic E-state index is -0.529. The van der Waals surface area contributed by atoms with Crippen LogP contribution in [0.3, 0.4) is 0 Å².